The Balaban J connectivity index is 2.37. The highest BCUT2D eigenvalue weighted by atomic mass is 16.3. The second-order valence-electron chi connectivity index (χ2n) is 4.06. The molecule has 1 heterocycles. The number of aromatic nitrogens is 3. The summed E-state index contributed by atoms with van der Waals surface area (Å²) in [6.07, 6.45) is 6.70. The van der Waals surface area contributed by atoms with Crippen LogP contribution in [0.15, 0.2) is 6.20 Å². The summed E-state index contributed by atoms with van der Waals surface area (Å²) >= 11 is 0. The second-order valence-corrected chi connectivity index (χ2v) is 4.06. The zero-order valence-corrected chi connectivity index (χ0v) is 9.61. The molecule has 1 rings (SSSR count). The molecule has 0 saturated carbocycles. The van der Waals surface area contributed by atoms with Gasteiger partial charge in [0.15, 0.2) is 0 Å². The number of nitrogens with one attached hydrogen (secondary N) is 1. The fourth-order valence-electron chi connectivity index (χ4n) is 1.79. The minimum Gasteiger partial charge on any atom is -0.387 e. The zero-order valence-electron chi connectivity index (χ0n) is 9.61. The van der Waals surface area contributed by atoms with E-state index in [1.165, 1.54) is 19.3 Å². The number of rotatable bonds is 7. The van der Waals surface area contributed by atoms with E-state index in [1.807, 2.05) is 0 Å². The van der Waals surface area contributed by atoms with Gasteiger partial charge in [-0.1, -0.05) is 39.5 Å². The van der Waals surface area contributed by atoms with Crippen LogP contribution in [-0.2, 0) is 0 Å². The van der Waals surface area contributed by atoms with Crippen LogP contribution in [0.2, 0.25) is 0 Å². The summed E-state index contributed by atoms with van der Waals surface area (Å²) in [5, 5.41) is 20.0. The molecule has 2 unspecified atom stereocenters. The average molecular weight is 211 g/mol. The molecular formula is C11H21N3O. The lowest BCUT2D eigenvalue weighted by Gasteiger charge is -2.17. The van der Waals surface area contributed by atoms with Gasteiger partial charge in [0.1, 0.15) is 5.69 Å². The lowest BCUT2D eigenvalue weighted by Crippen LogP contribution is -2.07. The molecule has 4 nitrogen and oxygen atoms in total. The van der Waals surface area contributed by atoms with Crippen LogP contribution >= 0.6 is 0 Å². The minimum absolute atomic E-state index is 0.467. The maximum atomic E-state index is 9.89. The van der Waals surface area contributed by atoms with E-state index in [0.717, 1.165) is 12.8 Å². The summed E-state index contributed by atoms with van der Waals surface area (Å²) in [7, 11) is 0. The maximum absolute atomic E-state index is 9.89. The van der Waals surface area contributed by atoms with Gasteiger partial charge in [-0.25, -0.2) is 0 Å². The number of hydrogen-bond donors (Lipinski definition) is 2. The normalized spacial score (nSPS) is 15.1. The van der Waals surface area contributed by atoms with E-state index in [0.29, 0.717) is 11.6 Å². The van der Waals surface area contributed by atoms with Crippen LogP contribution in [-0.4, -0.2) is 20.5 Å². The Morgan fingerprint density at radius 2 is 2.27 bits per heavy atom. The molecular weight excluding hydrogens is 190 g/mol. The van der Waals surface area contributed by atoms with Gasteiger partial charge in [-0.3, -0.25) is 0 Å². The molecule has 1 aromatic heterocycles. The Labute approximate surface area is 91.1 Å². The van der Waals surface area contributed by atoms with E-state index in [4.69, 9.17) is 0 Å². The maximum Gasteiger partial charge on any atom is 0.111 e. The molecule has 0 aliphatic carbocycles. The van der Waals surface area contributed by atoms with Crippen molar-refractivity contribution in [3.05, 3.63) is 11.9 Å². The highest BCUT2D eigenvalue weighted by Gasteiger charge is 2.16. The van der Waals surface area contributed by atoms with E-state index < -0.39 is 6.10 Å². The number of hydrogen-bond acceptors (Lipinski definition) is 3. The molecule has 2 atom stereocenters. The number of aliphatic hydroxyl groups is 1. The van der Waals surface area contributed by atoms with Gasteiger partial charge in [0.2, 0.25) is 0 Å². The van der Waals surface area contributed by atoms with E-state index in [9.17, 15) is 5.11 Å². The number of H-pyrrole nitrogens is 1. The van der Waals surface area contributed by atoms with Crippen molar-refractivity contribution in [2.75, 3.05) is 0 Å². The van der Waals surface area contributed by atoms with E-state index in [1.54, 1.807) is 6.20 Å². The van der Waals surface area contributed by atoms with Crippen molar-refractivity contribution in [2.45, 2.75) is 52.1 Å². The van der Waals surface area contributed by atoms with Gasteiger partial charge in [-0.05, 0) is 12.3 Å². The summed E-state index contributed by atoms with van der Waals surface area (Å²) in [6.45, 7) is 4.37. The Kier molecular flexibility index (Phi) is 5.32. The Bertz CT molecular complexity index is 248. The number of nitrogens with zero attached hydrogens (tertiary/aromatic N) is 2. The SMILES string of the molecule is CCCCC(CC)CC(O)c1cn[nH]n1. The first-order valence-corrected chi connectivity index (χ1v) is 5.81. The second kappa shape index (κ2) is 6.56. The lowest BCUT2D eigenvalue weighted by molar-refractivity contribution is 0.135. The van der Waals surface area contributed by atoms with E-state index >= 15 is 0 Å². The summed E-state index contributed by atoms with van der Waals surface area (Å²) in [5.74, 6) is 0.594. The Hall–Kier alpha value is -0.900. The topological polar surface area (TPSA) is 61.8 Å². The van der Waals surface area contributed by atoms with Crippen LogP contribution in [0.3, 0.4) is 0 Å². The van der Waals surface area contributed by atoms with Gasteiger partial charge in [0.25, 0.3) is 0 Å². The molecule has 0 bridgehead atoms. The standard InChI is InChI=1S/C11H21N3O/c1-3-5-6-9(4-2)7-11(15)10-8-12-14-13-10/h8-9,11,15H,3-7H2,1-2H3,(H,12,13,14). The highest BCUT2D eigenvalue weighted by molar-refractivity contribution is 4.95. The van der Waals surface area contributed by atoms with Gasteiger partial charge in [0, 0.05) is 0 Å². The minimum atomic E-state index is -0.467. The monoisotopic (exact) mass is 211 g/mol. The fourth-order valence-corrected chi connectivity index (χ4v) is 1.79. The molecule has 0 aliphatic heterocycles. The van der Waals surface area contributed by atoms with Crippen molar-refractivity contribution in [3.63, 3.8) is 0 Å². The summed E-state index contributed by atoms with van der Waals surface area (Å²) in [5.41, 5.74) is 0.657. The zero-order chi connectivity index (χ0) is 11.1. The van der Waals surface area contributed by atoms with Crippen LogP contribution in [0.4, 0.5) is 0 Å². The molecule has 0 amide bonds. The van der Waals surface area contributed by atoms with Crippen LogP contribution in [0.25, 0.3) is 0 Å². The van der Waals surface area contributed by atoms with Gasteiger partial charge in [-0.2, -0.15) is 15.4 Å². The molecule has 0 aromatic carbocycles. The number of aromatic amines is 1. The van der Waals surface area contributed by atoms with Crippen molar-refractivity contribution in [3.8, 4) is 0 Å². The number of unbranched alkanes of at least 4 members (excludes halogenated alkanes) is 1. The first-order chi connectivity index (χ1) is 7.27. The van der Waals surface area contributed by atoms with Crippen LogP contribution in [0.5, 0.6) is 0 Å². The van der Waals surface area contributed by atoms with Gasteiger partial charge in [-0.15, -0.1) is 0 Å². The summed E-state index contributed by atoms with van der Waals surface area (Å²) < 4.78 is 0. The van der Waals surface area contributed by atoms with Crippen molar-refractivity contribution in [2.24, 2.45) is 5.92 Å². The lowest BCUT2D eigenvalue weighted by atomic mass is 9.92. The van der Waals surface area contributed by atoms with Crippen LogP contribution in [0, 0.1) is 5.92 Å². The molecule has 86 valence electrons. The molecule has 0 spiro atoms. The number of aliphatic hydroxyl groups excluding tert-OH is 1. The van der Waals surface area contributed by atoms with E-state index in [-0.39, 0.29) is 0 Å². The average Bonchev–Trinajstić information content (AvgIpc) is 2.77. The van der Waals surface area contributed by atoms with Crippen molar-refractivity contribution in [1.29, 1.82) is 0 Å². The molecule has 2 N–H and O–H groups in total. The molecule has 4 heteroatoms. The highest BCUT2D eigenvalue weighted by Crippen LogP contribution is 2.24. The fraction of sp³-hybridized carbons (Fsp3) is 0.818. The molecule has 0 aliphatic rings. The van der Waals surface area contributed by atoms with Crippen LogP contribution < -0.4 is 0 Å². The Morgan fingerprint density at radius 1 is 1.47 bits per heavy atom. The van der Waals surface area contributed by atoms with E-state index in [2.05, 4.69) is 29.3 Å². The predicted molar refractivity (Wildman–Crippen MR) is 59.3 cm³/mol. The van der Waals surface area contributed by atoms with Gasteiger partial charge in [0.05, 0.1) is 12.3 Å². The largest absolute Gasteiger partial charge is 0.387 e. The first kappa shape index (κ1) is 12.2. The van der Waals surface area contributed by atoms with Gasteiger partial charge < -0.3 is 5.11 Å². The molecule has 0 radical (unpaired) electrons. The summed E-state index contributed by atoms with van der Waals surface area (Å²) in [6, 6.07) is 0. The third-order valence-corrected chi connectivity index (χ3v) is 2.87. The quantitative estimate of drug-likeness (QED) is 0.728. The molecule has 0 saturated heterocycles. The third kappa shape index (κ3) is 4.00. The van der Waals surface area contributed by atoms with Crippen molar-refractivity contribution >= 4 is 0 Å². The molecule has 15 heavy (non-hydrogen) atoms. The molecule has 0 fully saturated rings. The third-order valence-electron chi connectivity index (χ3n) is 2.87. The Morgan fingerprint density at radius 3 is 2.80 bits per heavy atom. The summed E-state index contributed by atoms with van der Waals surface area (Å²) in [4.78, 5) is 0. The smallest absolute Gasteiger partial charge is 0.111 e. The predicted octanol–water partition coefficient (Wildman–Crippen LogP) is 2.44. The van der Waals surface area contributed by atoms with Gasteiger partial charge >= 0.3 is 0 Å². The van der Waals surface area contributed by atoms with Crippen molar-refractivity contribution in [1.82, 2.24) is 15.4 Å². The van der Waals surface area contributed by atoms with Crippen molar-refractivity contribution < 1.29 is 5.11 Å². The first-order valence-electron chi connectivity index (χ1n) is 5.81. The molecule has 1 aromatic rings. The van der Waals surface area contributed by atoms with Crippen LogP contribution in [0.1, 0.15) is 57.7 Å².